The summed E-state index contributed by atoms with van der Waals surface area (Å²) in [7, 11) is 1.46. The van der Waals surface area contributed by atoms with Gasteiger partial charge in [0.05, 0.1) is 24.6 Å². The molecule has 0 spiro atoms. The number of hydrogen-bond acceptors (Lipinski definition) is 20. The lowest BCUT2D eigenvalue weighted by atomic mass is 9.85. The largest absolute Gasteiger partial charge is 0.495 e. The monoisotopic (exact) mass is 1600 g/mol. The average molecular weight is 1600 g/mol. The zero-order valence-electron chi connectivity index (χ0n) is 72.1. The van der Waals surface area contributed by atoms with Gasteiger partial charge in [0.1, 0.15) is 28.5 Å². The standard InChI is InChI=1S/C47H69N3O10.C20H27N3O5.C20H26N2O5/c1-13-14-15-16-17-18-19-20-21-22-23-38(59-33-25-27-36(58-31(4)51)34(29-33)45(5,6)7)41(53)48-32-24-26-37(57-30(2)3)35(28-32)49-42(54)39(40(52)46(8,9)10)50-43(55)47(11,12)60-44(50)56;1-11-8-9-13(28-7)12(10-11)21-16(25)14(15(24)19(2,3)4)23-17(26)20(5,6)22-18(23)27;1-11-8-9-12(2)13(10-11)21-16(24)14(15(23)19(3,4)5)22-17(25)20(6,7)27-18(22)26/h24-30,38-39H,13-23H2,1-12H3,(H,48,53)(H,49,54);8-10,14H,1-7H3,(H,21,25)(H,22,27);8-10,14H,1-7H3,(H,21,24). The Morgan fingerprint density at radius 2 is 0.896 bits per heavy atom. The van der Waals surface area contributed by atoms with Crippen molar-refractivity contribution in [3.8, 4) is 23.0 Å². The molecule has 4 aromatic carbocycles. The van der Waals surface area contributed by atoms with E-state index in [0.29, 0.717) is 55.4 Å². The number of amides is 11. The molecule has 3 aliphatic rings. The molecule has 3 saturated heterocycles. The number of unbranched alkanes of at least 4 members (excludes halogenated alkanes) is 9. The fourth-order valence-corrected chi connectivity index (χ4v) is 12.4. The third kappa shape index (κ3) is 25.5. The number of benzene rings is 4. The smallest absolute Gasteiger partial charge is 0.418 e. The van der Waals surface area contributed by atoms with E-state index in [9.17, 15) is 67.1 Å². The highest BCUT2D eigenvalue weighted by Gasteiger charge is 2.58. The number of nitrogens with one attached hydrogen (secondary N) is 5. The molecule has 5 N–H and O–H groups in total. The van der Waals surface area contributed by atoms with Gasteiger partial charge in [-0.15, -0.1) is 0 Å². The molecule has 3 aliphatic heterocycles. The molecule has 0 radical (unpaired) electrons. The molecule has 3 fully saturated rings. The first-order valence-electron chi connectivity index (χ1n) is 39.2. The van der Waals surface area contributed by atoms with Gasteiger partial charge in [-0.05, 0) is 166 Å². The van der Waals surface area contributed by atoms with Crippen molar-refractivity contribution in [3.05, 3.63) is 95.1 Å². The molecule has 115 heavy (non-hydrogen) atoms. The number of carbonyl (C=O) groups is 14. The highest BCUT2D eigenvalue weighted by atomic mass is 16.6. The van der Waals surface area contributed by atoms with Crippen molar-refractivity contribution in [2.45, 2.75) is 296 Å². The molecule has 3 heterocycles. The van der Waals surface area contributed by atoms with Gasteiger partial charge < -0.3 is 55.0 Å². The Balaban J connectivity index is 0.000000353. The molecule has 11 amide bonds. The van der Waals surface area contributed by atoms with Gasteiger partial charge in [0.25, 0.3) is 41.4 Å². The van der Waals surface area contributed by atoms with Crippen LogP contribution in [0.25, 0.3) is 0 Å². The fourth-order valence-electron chi connectivity index (χ4n) is 12.4. The maximum absolute atomic E-state index is 14.1. The third-order valence-electron chi connectivity index (χ3n) is 19.0. The van der Waals surface area contributed by atoms with E-state index in [4.69, 9.17) is 28.4 Å². The molecule has 4 atom stereocenters. The van der Waals surface area contributed by atoms with Gasteiger partial charge in [-0.3, -0.25) is 52.7 Å². The van der Waals surface area contributed by atoms with Crippen molar-refractivity contribution < 1.29 is 95.5 Å². The van der Waals surface area contributed by atoms with E-state index in [1.807, 2.05) is 59.7 Å². The van der Waals surface area contributed by atoms with Gasteiger partial charge in [0.2, 0.25) is 0 Å². The summed E-state index contributed by atoms with van der Waals surface area (Å²) in [4.78, 5) is 184. The number of methoxy groups -OCH3 is 1. The number of anilines is 4. The van der Waals surface area contributed by atoms with Crippen LogP contribution < -0.4 is 45.5 Å². The van der Waals surface area contributed by atoms with Gasteiger partial charge in [0.15, 0.2) is 52.8 Å². The highest BCUT2D eigenvalue weighted by Crippen LogP contribution is 2.39. The van der Waals surface area contributed by atoms with Crippen LogP contribution in [0, 0.1) is 37.0 Å². The summed E-state index contributed by atoms with van der Waals surface area (Å²) in [6.45, 7) is 41.9. The first kappa shape index (κ1) is 95.1. The quantitative estimate of drug-likeness (QED) is 0.0103. The zero-order valence-corrected chi connectivity index (χ0v) is 72.1. The molecule has 0 aliphatic carbocycles. The number of imide groups is 3. The maximum atomic E-state index is 14.1. The molecular formula is C87H122N8O20. The topological polar surface area (TPSA) is 364 Å². The van der Waals surface area contributed by atoms with E-state index in [1.165, 1.54) is 100 Å². The summed E-state index contributed by atoms with van der Waals surface area (Å²) < 4.78 is 33.4. The Morgan fingerprint density at radius 1 is 0.478 bits per heavy atom. The lowest BCUT2D eigenvalue weighted by Gasteiger charge is -2.29. The Hall–Kier alpha value is -10.5. The molecule has 7 rings (SSSR count). The van der Waals surface area contributed by atoms with Crippen LogP contribution in [0.2, 0.25) is 0 Å². The minimum absolute atomic E-state index is 0.0977. The SMILES string of the molecule is CCCCCCCCCCCCC(Oc1ccc(OC(C)=O)c(C(C)(C)C)c1)C(=O)Nc1ccc(OC(C)C)c(NC(=O)C(C(=O)C(C)(C)C)N2C(=O)OC(C)(C)C2=O)c1.COc1ccc(C)cc1NC(=O)C(C(=O)C(C)(C)C)N1C(=O)NC(C)(C)C1=O.Cc1ccc(C)c(NC(=O)C(C(=O)C(C)(C)C)N2C(=O)OC(C)(C)C2=O)c1. The predicted octanol–water partition coefficient (Wildman–Crippen LogP) is 15.3. The van der Waals surface area contributed by atoms with Gasteiger partial charge in [0, 0.05) is 40.1 Å². The van der Waals surface area contributed by atoms with Crippen LogP contribution in [0.5, 0.6) is 23.0 Å². The van der Waals surface area contributed by atoms with Crippen LogP contribution in [0.3, 0.4) is 0 Å². The predicted molar refractivity (Wildman–Crippen MR) is 437 cm³/mol. The van der Waals surface area contributed by atoms with Crippen LogP contribution in [0.1, 0.15) is 245 Å². The van der Waals surface area contributed by atoms with Gasteiger partial charge >= 0.3 is 24.2 Å². The van der Waals surface area contributed by atoms with Crippen molar-refractivity contribution in [1.29, 1.82) is 0 Å². The zero-order chi connectivity index (χ0) is 87.2. The number of nitrogens with zero attached hydrogens (tertiary/aromatic N) is 3. The molecule has 4 unspecified atom stereocenters. The fraction of sp³-hybridized carbons (Fsp3) is 0.563. The van der Waals surface area contributed by atoms with Crippen LogP contribution >= 0.6 is 0 Å². The second-order valence-electron chi connectivity index (χ2n) is 35.3. The minimum Gasteiger partial charge on any atom is -0.495 e. The first-order valence-corrected chi connectivity index (χ1v) is 39.2. The summed E-state index contributed by atoms with van der Waals surface area (Å²) >= 11 is 0. The number of aryl methyl sites for hydroxylation is 3. The summed E-state index contributed by atoms with van der Waals surface area (Å²) in [5.41, 5.74) is -3.04. The van der Waals surface area contributed by atoms with Crippen molar-refractivity contribution in [2.75, 3.05) is 28.4 Å². The first-order chi connectivity index (χ1) is 53.0. The van der Waals surface area contributed by atoms with Crippen molar-refractivity contribution in [3.63, 3.8) is 0 Å². The van der Waals surface area contributed by atoms with Crippen molar-refractivity contribution in [1.82, 2.24) is 20.0 Å². The molecule has 0 bridgehead atoms. The second-order valence-corrected chi connectivity index (χ2v) is 35.3. The lowest BCUT2D eigenvalue weighted by Crippen LogP contribution is -2.55. The van der Waals surface area contributed by atoms with Crippen LogP contribution in [0.4, 0.5) is 37.1 Å². The molecular weight excluding hydrogens is 1480 g/mol. The van der Waals surface area contributed by atoms with E-state index < -0.39 is 146 Å². The van der Waals surface area contributed by atoms with E-state index in [0.717, 1.165) is 47.9 Å². The Morgan fingerprint density at radius 3 is 1.30 bits per heavy atom. The Labute approximate surface area is 677 Å². The van der Waals surface area contributed by atoms with E-state index in [1.54, 1.807) is 125 Å². The van der Waals surface area contributed by atoms with Gasteiger partial charge in [-0.25, -0.2) is 29.1 Å². The van der Waals surface area contributed by atoms with Crippen molar-refractivity contribution >= 4 is 106 Å². The van der Waals surface area contributed by atoms with Crippen LogP contribution in [0.15, 0.2) is 72.8 Å². The van der Waals surface area contributed by atoms with Gasteiger partial charge in [-0.2, -0.15) is 0 Å². The lowest BCUT2D eigenvalue weighted by molar-refractivity contribution is -0.145. The number of urea groups is 1. The number of esters is 1. The number of cyclic esters (lactones) is 2. The summed E-state index contributed by atoms with van der Waals surface area (Å²) in [5, 5.41) is 13.5. The number of ketones is 3. The number of carbonyl (C=O) groups excluding carboxylic acids is 14. The number of hydrogen-bond donors (Lipinski definition) is 5. The normalized spacial score (nSPS) is 16.1. The maximum Gasteiger partial charge on any atom is 0.418 e. The summed E-state index contributed by atoms with van der Waals surface area (Å²) in [6, 6.07) is 14.7. The number of Topliss-reactive ketones (excluding diaryl/α,β-unsaturated/α-hetero) is 3. The molecule has 630 valence electrons. The average Bonchev–Trinajstić information content (AvgIpc) is 1.64. The van der Waals surface area contributed by atoms with Crippen molar-refractivity contribution in [2.24, 2.45) is 16.2 Å². The summed E-state index contributed by atoms with van der Waals surface area (Å²) in [5.74, 6) is -5.81. The Kier molecular flexibility index (Phi) is 32.0. The highest BCUT2D eigenvalue weighted by molar-refractivity contribution is 6.22. The van der Waals surface area contributed by atoms with E-state index in [2.05, 4.69) is 33.5 Å². The molecule has 0 saturated carbocycles. The second kappa shape index (κ2) is 38.7. The molecule has 28 heteroatoms. The van der Waals surface area contributed by atoms with Crippen LogP contribution in [-0.4, -0.2) is 152 Å². The summed E-state index contributed by atoms with van der Waals surface area (Å²) in [6.07, 6.45) is 8.36. The molecule has 4 aromatic rings. The number of rotatable bonds is 31. The minimum atomic E-state index is -1.85. The Bertz CT molecular complexity index is 4320. The third-order valence-corrected chi connectivity index (χ3v) is 19.0. The van der Waals surface area contributed by atoms with E-state index in [-0.39, 0.29) is 17.5 Å². The van der Waals surface area contributed by atoms with Crippen LogP contribution in [-0.2, 0) is 67.6 Å². The number of ether oxygens (including phenoxy) is 6. The molecule has 28 nitrogen and oxygen atoms in total. The molecule has 0 aromatic heterocycles. The van der Waals surface area contributed by atoms with Gasteiger partial charge in [-0.1, -0.05) is 166 Å². The van der Waals surface area contributed by atoms with E-state index >= 15 is 0 Å².